The van der Waals surface area contributed by atoms with Crippen LogP contribution in [0.3, 0.4) is 0 Å². The van der Waals surface area contributed by atoms with Gasteiger partial charge in [-0.05, 0) is 103 Å². The molecule has 0 spiro atoms. The minimum absolute atomic E-state index is 0.0307. The van der Waals surface area contributed by atoms with Crippen LogP contribution in [0.1, 0.15) is 103 Å². The van der Waals surface area contributed by atoms with E-state index >= 15 is 0 Å². The number of amides is 2. The second-order valence-corrected chi connectivity index (χ2v) is 14.7. The van der Waals surface area contributed by atoms with Gasteiger partial charge in [0.15, 0.2) is 0 Å². The molecule has 6 nitrogen and oxygen atoms in total. The molecule has 0 aliphatic carbocycles. The predicted octanol–water partition coefficient (Wildman–Crippen LogP) is 7.90. The molecular weight excluding hydrogens is 591 g/mol. The molecule has 5 rings (SSSR count). The number of likely N-dealkylation sites (tertiary alicyclic amines) is 2. The average molecular weight is 644 g/mol. The van der Waals surface area contributed by atoms with E-state index in [-0.39, 0.29) is 24.0 Å². The van der Waals surface area contributed by atoms with Crippen LogP contribution in [0, 0.1) is 5.92 Å². The lowest BCUT2D eigenvalue weighted by molar-refractivity contribution is 0.0540. The van der Waals surface area contributed by atoms with Gasteiger partial charge in [-0.1, -0.05) is 70.0 Å². The highest BCUT2D eigenvalue weighted by atomic mass is 32.1. The zero-order chi connectivity index (χ0) is 32.5. The first-order valence-corrected chi connectivity index (χ1v) is 18.5. The molecule has 2 aliphatic rings. The van der Waals surface area contributed by atoms with Crippen molar-refractivity contribution in [3.05, 3.63) is 81.5 Å². The Morgan fingerprint density at radius 2 is 1.54 bits per heavy atom. The Morgan fingerprint density at radius 3 is 2.17 bits per heavy atom. The number of rotatable bonds is 13. The highest BCUT2D eigenvalue weighted by Gasteiger charge is 2.30. The predicted molar refractivity (Wildman–Crippen MR) is 189 cm³/mol. The molecule has 0 atom stereocenters. The standard InChI is InChI=1S/C39H53N3O3S/c1-4-5-6-7-31-26-37(46-28-31)39(45)42(35-17-22-40(23-18-35)21-16-29(2)3)27-30-8-10-32(11-9-30)33-12-14-34(15-13-33)38(44)41-24-19-36(43)20-25-41/h8-15,26,28-29,35-36,43H,4-7,16-25,27H2,1-3H3. The summed E-state index contributed by atoms with van der Waals surface area (Å²) in [5.41, 5.74) is 5.27. The van der Waals surface area contributed by atoms with Gasteiger partial charge in [-0.15, -0.1) is 11.3 Å². The summed E-state index contributed by atoms with van der Waals surface area (Å²) < 4.78 is 0. The number of carbonyl (C=O) groups is 2. The lowest BCUT2D eigenvalue weighted by Crippen LogP contribution is -2.47. The van der Waals surface area contributed by atoms with Crippen molar-refractivity contribution in [1.29, 1.82) is 0 Å². The van der Waals surface area contributed by atoms with Gasteiger partial charge in [-0.3, -0.25) is 9.59 Å². The zero-order valence-corrected chi connectivity index (χ0v) is 28.9. The number of hydrogen-bond donors (Lipinski definition) is 1. The molecule has 2 saturated heterocycles. The van der Waals surface area contributed by atoms with Crippen LogP contribution in [-0.4, -0.2) is 76.5 Å². The van der Waals surface area contributed by atoms with Crippen LogP contribution in [0.25, 0.3) is 11.1 Å². The van der Waals surface area contributed by atoms with Crippen LogP contribution in [0.2, 0.25) is 0 Å². The fourth-order valence-electron chi connectivity index (χ4n) is 6.66. The molecule has 0 unspecified atom stereocenters. The van der Waals surface area contributed by atoms with Crippen molar-refractivity contribution in [1.82, 2.24) is 14.7 Å². The topological polar surface area (TPSA) is 64.1 Å². The first-order valence-electron chi connectivity index (χ1n) is 17.6. The maximum atomic E-state index is 14.1. The summed E-state index contributed by atoms with van der Waals surface area (Å²) in [6.07, 6.45) is 8.89. The van der Waals surface area contributed by atoms with Gasteiger partial charge in [-0.25, -0.2) is 0 Å². The fourth-order valence-corrected chi connectivity index (χ4v) is 7.56. The number of aliphatic hydroxyl groups is 1. The van der Waals surface area contributed by atoms with Crippen molar-refractivity contribution in [2.45, 2.75) is 97.2 Å². The van der Waals surface area contributed by atoms with Gasteiger partial charge in [0.25, 0.3) is 11.8 Å². The van der Waals surface area contributed by atoms with E-state index in [2.05, 4.69) is 66.3 Å². The molecule has 248 valence electrons. The Balaban J connectivity index is 1.26. The SMILES string of the molecule is CCCCCc1csc(C(=O)N(Cc2ccc(-c3ccc(C(=O)N4CCC(O)CC4)cc3)cc2)C2CCN(CCC(C)C)CC2)c1. The van der Waals surface area contributed by atoms with E-state index in [1.54, 1.807) is 11.3 Å². The maximum Gasteiger partial charge on any atom is 0.264 e. The summed E-state index contributed by atoms with van der Waals surface area (Å²) in [4.78, 5) is 34.4. The minimum Gasteiger partial charge on any atom is -0.393 e. The van der Waals surface area contributed by atoms with E-state index in [0.717, 1.165) is 60.5 Å². The Morgan fingerprint density at radius 1 is 0.891 bits per heavy atom. The number of carbonyl (C=O) groups excluding carboxylic acids is 2. The van der Waals surface area contributed by atoms with Gasteiger partial charge >= 0.3 is 0 Å². The second-order valence-electron chi connectivity index (χ2n) is 13.8. The van der Waals surface area contributed by atoms with Crippen molar-refractivity contribution in [3.63, 3.8) is 0 Å². The number of unbranched alkanes of at least 4 members (excludes halogenated alkanes) is 2. The lowest BCUT2D eigenvalue weighted by Gasteiger charge is -2.38. The number of aryl methyl sites for hydroxylation is 1. The average Bonchev–Trinajstić information content (AvgIpc) is 3.56. The third kappa shape index (κ3) is 9.30. The Kier molecular flexibility index (Phi) is 12.5. The smallest absolute Gasteiger partial charge is 0.264 e. The number of hydrogen-bond acceptors (Lipinski definition) is 5. The lowest BCUT2D eigenvalue weighted by atomic mass is 9.99. The van der Waals surface area contributed by atoms with E-state index < -0.39 is 0 Å². The molecule has 2 fully saturated rings. The van der Waals surface area contributed by atoms with Gasteiger partial charge in [0.1, 0.15) is 0 Å². The highest BCUT2D eigenvalue weighted by Crippen LogP contribution is 2.27. The van der Waals surface area contributed by atoms with E-state index in [9.17, 15) is 14.7 Å². The Labute approximate surface area is 280 Å². The van der Waals surface area contributed by atoms with E-state index in [0.29, 0.717) is 44.0 Å². The number of piperidine rings is 2. The highest BCUT2D eigenvalue weighted by molar-refractivity contribution is 7.12. The molecular formula is C39H53N3O3S. The van der Waals surface area contributed by atoms with Crippen LogP contribution in [-0.2, 0) is 13.0 Å². The quantitative estimate of drug-likeness (QED) is 0.192. The monoisotopic (exact) mass is 643 g/mol. The van der Waals surface area contributed by atoms with Crippen LogP contribution < -0.4 is 0 Å². The molecule has 0 bridgehead atoms. The van der Waals surface area contributed by atoms with Crippen molar-refractivity contribution < 1.29 is 14.7 Å². The fraction of sp³-hybridized carbons (Fsp3) is 0.538. The van der Waals surface area contributed by atoms with Gasteiger partial charge in [0.2, 0.25) is 0 Å². The summed E-state index contributed by atoms with van der Waals surface area (Å²) >= 11 is 1.60. The van der Waals surface area contributed by atoms with Gasteiger partial charge in [-0.2, -0.15) is 0 Å². The van der Waals surface area contributed by atoms with Crippen molar-refractivity contribution >= 4 is 23.2 Å². The molecule has 2 aliphatic heterocycles. The Bertz CT molecular complexity index is 1380. The molecule has 7 heteroatoms. The van der Waals surface area contributed by atoms with Crippen molar-refractivity contribution in [3.8, 4) is 11.1 Å². The summed E-state index contributed by atoms with van der Waals surface area (Å²) in [5, 5.41) is 12.0. The normalized spacial score (nSPS) is 16.7. The summed E-state index contributed by atoms with van der Waals surface area (Å²) in [7, 11) is 0. The first-order chi connectivity index (χ1) is 22.3. The minimum atomic E-state index is -0.295. The molecule has 0 radical (unpaired) electrons. The molecule has 1 aromatic heterocycles. The molecule has 3 aromatic rings. The van der Waals surface area contributed by atoms with Crippen molar-refractivity contribution in [2.24, 2.45) is 5.92 Å². The molecule has 0 saturated carbocycles. The Hall–Kier alpha value is -3.00. The van der Waals surface area contributed by atoms with Crippen LogP contribution in [0.4, 0.5) is 0 Å². The third-order valence-electron chi connectivity index (χ3n) is 9.74. The van der Waals surface area contributed by atoms with Crippen LogP contribution in [0.15, 0.2) is 60.0 Å². The maximum absolute atomic E-state index is 14.1. The van der Waals surface area contributed by atoms with Gasteiger partial charge in [0, 0.05) is 44.3 Å². The second kappa shape index (κ2) is 16.7. The molecule has 2 amide bonds. The molecule has 2 aromatic carbocycles. The molecule has 3 heterocycles. The number of aliphatic hydroxyl groups excluding tert-OH is 1. The molecule has 1 N–H and O–H groups in total. The summed E-state index contributed by atoms with van der Waals surface area (Å²) in [6, 6.07) is 18.8. The number of nitrogens with zero attached hydrogens (tertiary/aromatic N) is 3. The molecule has 46 heavy (non-hydrogen) atoms. The largest absolute Gasteiger partial charge is 0.393 e. The van der Waals surface area contributed by atoms with E-state index in [1.165, 1.54) is 31.2 Å². The van der Waals surface area contributed by atoms with Gasteiger partial charge in [0.05, 0.1) is 11.0 Å². The van der Waals surface area contributed by atoms with Crippen LogP contribution >= 0.6 is 11.3 Å². The van der Waals surface area contributed by atoms with E-state index in [1.807, 2.05) is 29.2 Å². The number of thiophene rings is 1. The third-order valence-corrected chi connectivity index (χ3v) is 10.7. The summed E-state index contributed by atoms with van der Waals surface area (Å²) in [5.74, 6) is 0.906. The zero-order valence-electron chi connectivity index (χ0n) is 28.1. The van der Waals surface area contributed by atoms with E-state index in [4.69, 9.17) is 0 Å². The number of benzene rings is 2. The van der Waals surface area contributed by atoms with Gasteiger partial charge < -0.3 is 19.8 Å². The van der Waals surface area contributed by atoms with Crippen molar-refractivity contribution in [2.75, 3.05) is 32.7 Å². The van der Waals surface area contributed by atoms with Crippen LogP contribution in [0.5, 0.6) is 0 Å². The first kappa shape index (κ1) is 34.3. The summed E-state index contributed by atoms with van der Waals surface area (Å²) in [6.45, 7) is 11.9.